The average Bonchev–Trinajstić information content (AvgIpc) is 2.45. The Bertz CT molecular complexity index is 573. The molecule has 0 aliphatic rings. The largest absolute Gasteiger partial charge is 0.481 e. The molecule has 4 nitrogen and oxygen atoms in total. The number of carbonyl (C=O) groups excluding carboxylic acids is 1. The fourth-order valence-corrected chi connectivity index (χ4v) is 2.40. The van der Waals surface area contributed by atoms with Gasteiger partial charge >= 0.3 is 12.1 Å². The molecular formula is C15H18F3NO3S. The van der Waals surface area contributed by atoms with Crippen LogP contribution in [0, 0.1) is 0 Å². The molecule has 2 N–H and O–H groups in total. The number of hydrogen-bond acceptors (Lipinski definition) is 3. The molecular weight excluding hydrogens is 331 g/mol. The maximum absolute atomic E-state index is 12.8. The zero-order valence-corrected chi connectivity index (χ0v) is 13.6. The lowest BCUT2D eigenvalue weighted by molar-refractivity contribution is -0.138. The zero-order chi connectivity index (χ0) is 17.7. The summed E-state index contributed by atoms with van der Waals surface area (Å²) in [6.45, 7) is 3.34. The summed E-state index contributed by atoms with van der Waals surface area (Å²) in [6.07, 6.45) is -4.46. The molecule has 0 aliphatic carbocycles. The van der Waals surface area contributed by atoms with E-state index in [1.54, 1.807) is 13.8 Å². The lowest BCUT2D eigenvalue weighted by Crippen LogP contribution is -2.41. The molecule has 8 heteroatoms. The van der Waals surface area contributed by atoms with Crippen LogP contribution in [0.15, 0.2) is 24.3 Å². The fraction of sp³-hybridized carbons (Fsp3) is 0.467. The Morgan fingerprint density at radius 2 is 1.83 bits per heavy atom. The lowest BCUT2D eigenvalue weighted by atomic mass is 9.83. The number of nitrogens with one attached hydrogen (secondary N) is 1. The number of carboxylic acids is 1. The molecule has 0 aliphatic heterocycles. The highest BCUT2D eigenvalue weighted by atomic mass is 32.2. The standard InChI is InChI=1S/C15H18F3NO3S/c1-14(2,13(22)19-6-7-23-9-12(20)21)10-4-3-5-11(8-10)15(16,17)18/h3-5,8H,6-7,9H2,1-2H3,(H,19,22)(H,20,21). The van der Waals surface area contributed by atoms with E-state index in [0.29, 0.717) is 5.75 Å². The van der Waals surface area contributed by atoms with Gasteiger partial charge in [-0.1, -0.05) is 18.2 Å². The number of carboxylic acid groups (broad SMARTS) is 1. The van der Waals surface area contributed by atoms with Crippen molar-refractivity contribution in [2.75, 3.05) is 18.1 Å². The highest BCUT2D eigenvalue weighted by Crippen LogP contribution is 2.32. The molecule has 0 saturated carbocycles. The van der Waals surface area contributed by atoms with Crippen LogP contribution in [-0.4, -0.2) is 35.0 Å². The van der Waals surface area contributed by atoms with Crippen molar-refractivity contribution in [2.45, 2.75) is 25.4 Å². The Hall–Kier alpha value is -1.70. The number of aliphatic carboxylic acids is 1. The minimum Gasteiger partial charge on any atom is -0.481 e. The van der Waals surface area contributed by atoms with Crippen molar-refractivity contribution in [1.82, 2.24) is 5.32 Å². The van der Waals surface area contributed by atoms with E-state index in [1.807, 2.05) is 0 Å². The van der Waals surface area contributed by atoms with Crippen molar-refractivity contribution in [2.24, 2.45) is 0 Å². The molecule has 1 rings (SSSR count). The summed E-state index contributed by atoms with van der Waals surface area (Å²) >= 11 is 1.15. The third kappa shape index (κ3) is 5.78. The number of halogens is 3. The minimum absolute atomic E-state index is 0.0626. The molecule has 0 atom stereocenters. The number of thioether (sulfide) groups is 1. The molecule has 23 heavy (non-hydrogen) atoms. The minimum atomic E-state index is -4.46. The molecule has 128 valence electrons. The smallest absolute Gasteiger partial charge is 0.416 e. The Kier molecular flexibility index (Phi) is 6.49. The van der Waals surface area contributed by atoms with E-state index in [4.69, 9.17) is 5.11 Å². The van der Waals surface area contributed by atoms with Crippen LogP contribution in [0.2, 0.25) is 0 Å². The molecule has 0 bridgehead atoms. The first-order valence-electron chi connectivity index (χ1n) is 6.80. The summed E-state index contributed by atoms with van der Waals surface area (Å²) in [5, 5.41) is 11.1. The van der Waals surface area contributed by atoms with Crippen molar-refractivity contribution >= 4 is 23.6 Å². The van der Waals surface area contributed by atoms with Crippen LogP contribution in [0.4, 0.5) is 13.2 Å². The summed E-state index contributed by atoms with van der Waals surface area (Å²) < 4.78 is 38.3. The van der Waals surface area contributed by atoms with Gasteiger partial charge in [0, 0.05) is 12.3 Å². The van der Waals surface area contributed by atoms with Gasteiger partial charge in [0.1, 0.15) is 0 Å². The second-order valence-corrected chi connectivity index (χ2v) is 6.51. The molecule has 1 aromatic carbocycles. The number of benzene rings is 1. The van der Waals surface area contributed by atoms with Gasteiger partial charge in [0.25, 0.3) is 0 Å². The van der Waals surface area contributed by atoms with Crippen molar-refractivity contribution in [3.05, 3.63) is 35.4 Å². The number of rotatable bonds is 7. The Balaban J connectivity index is 2.70. The number of hydrogen-bond donors (Lipinski definition) is 2. The zero-order valence-electron chi connectivity index (χ0n) is 12.7. The van der Waals surface area contributed by atoms with Gasteiger partial charge in [-0.3, -0.25) is 9.59 Å². The maximum atomic E-state index is 12.8. The van der Waals surface area contributed by atoms with Crippen LogP contribution >= 0.6 is 11.8 Å². The summed E-state index contributed by atoms with van der Waals surface area (Å²) in [5.74, 6) is -0.998. The molecule has 0 unspecified atom stereocenters. The summed E-state index contributed by atoms with van der Waals surface area (Å²) in [4.78, 5) is 22.6. The van der Waals surface area contributed by atoms with Crippen LogP contribution in [0.5, 0.6) is 0 Å². The van der Waals surface area contributed by atoms with E-state index >= 15 is 0 Å². The number of amides is 1. The average molecular weight is 349 g/mol. The third-order valence-electron chi connectivity index (χ3n) is 3.24. The maximum Gasteiger partial charge on any atom is 0.416 e. The van der Waals surface area contributed by atoms with Crippen molar-refractivity contribution < 1.29 is 27.9 Å². The second-order valence-electron chi connectivity index (χ2n) is 5.41. The highest BCUT2D eigenvalue weighted by molar-refractivity contribution is 7.99. The van der Waals surface area contributed by atoms with Gasteiger partial charge in [0.05, 0.1) is 16.7 Å². The number of carbonyl (C=O) groups is 2. The van der Waals surface area contributed by atoms with E-state index in [0.717, 1.165) is 23.9 Å². The second kappa shape index (κ2) is 7.72. The SMILES string of the molecule is CC(C)(C(=O)NCCSCC(=O)O)c1cccc(C(F)(F)F)c1. The van der Waals surface area contributed by atoms with Crippen LogP contribution in [0.3, 0.4) is 0 Å². The van der Waals surface area contributed by atoms with E-state index < -0.39 is 29.0 Å². The van der Waals surface area contributed by atoms with Gasteiger partial charge in [0.2, 0.25) is 5.91 Å². The van der Waals surface area contributed by atoms with Crippen LogP contribution in [0.1, 0.15) is 25.0 Å². The first-order valence-corrected chi connectivity index (χ1v) is 7.96. The molecule has 0 fully saturated rings. The Labute approximate surface area is 136 Å². The monoisotopic (exact) mass is 349 g/mol. The molecule has 0 saturated heterocycles. The molecule has 1 aromatic rings. The van der Waals surface area contributed by atoms with Gasteiger partial charge in [-0.25, -0.2) is 0 Å². The van der Waals surface area contributed by atoms with Crippen molar-refractivity contribution in [1.29, 1.82) is 0 Å². The fourth-order valence-electron chi connectivity index (χ4n) is 1.83. The third-order valence-corrected chi connectivity index (χ3v) is 4.18. The van der Waals surface area contributed by atoms with Crippen molar-refractivity contribution in [3.8, 4) is 0 Å². The molecule has 1 amide bonds. The van der Waals surface area contributed by atoms with E-state index in [2.05, 4.69) is 5.32 Å². The number of alkyl halides is 3. The first kappa shape index (κ1) is 19.3. The van der Waals surface area contributed by atoms with Gasteiger partial charge in [0.15, 0.2) is 0 Å². The van der Waals surface area contributed by atoms with Crippen LogP contribution < -0.4 is 5.32 Å². The van der Waals surface area contributed by atoms with Crippen LogP contribution in [-0.2, 0) is 21.2 Å². The first-order chi connectivity index (χ1) is 10.5. The van der Waals surface area contributed by atoms with Crippen molar-refractivity contribution in [3.63, 3.8) is 0 Å². The predicted molar refractivity (Wildman–Crippen MR) is 82.4 cm³/mol. The quantitative estimate of drug-likeness (QED) is 0.743. The lowest BCUT2D eigenvalue weighted by Gasteiger charge is -2.25. The van der Waals surface area contributed by atoms with E-state index in [-0.39, 0.29) is 17.9 Å². The van der Waals surface area contributed by atoms with E-state index in [9.17, 15) is 22.8 Å². The van der Waals surface area contributed by atoms with Crippen LogP contribution in [0.25, 0.3) is 0 Å². The Morgan fingerprint density at radius 3 is 2.39 bits per heavy atom. The molecule has 0 radical (unpaired) electrons. The molecule has 0 aromatic heterocycles. The predicted octanol–water partition coefficient (Wildman–Crippen LogP) is 2.92. The highest BCUT2D eigenvalue weighted by Gasteiger charge is 2.34. The summed E-state index contributed by atoms with van der Waals surface area (Å²) in [6, 6.07) is 4.68. The Morgan fingerprint density at radius 1 is 1.22 bits per heavy atom. The van der Waals surface area contributed by atoms with Gasteiger partial charge in [-0.2, -0.15) is 13.2 Å². The normalized spacial score (nSPS) is 12.0. The molecule has 0 heterocycles. The van der Waals surface area contributed by atoms with Gasteiger partial charge in [-0.15, -0.1) is 11.8 Å². The van der Waals surface area contributed by atoms with E-state index in [1.165, 1.54) is 12.1 Å². The van der Waals surface area contributed by atoms with Gasteiger partial charge < -0.3 is 10.4 Å². The molecule has 0 spiro atoms. The van der Waals surface area contributed by atoms with Gasteiger partial charge in [-0.05, 0) is 25.5 Å². The summed E-state index contributed by atoms with van der Waals surface area (Å²) in [7, 11) is 0. The topological polar surface area (TPSA) is 66.4 Å². The summed E-state index contributed by atoms with van der Waals surface area (Å²) in [5.41, 5.74) is -1.66.